The normalized spacial score (nSPS) is 21.2. The number of Topliss-reactive ketones (excluding diaryl/α,β-unsaturated/α-hetero) is 2. The van der Waals surface area contributed by atoms with Gasteiger partial charge in [0.25, 0.3) is 0 Å². The van der Waals surface area contributed by atoms with Crippen molar-refractivity contribution in [2.24, 2.45) is 11.8 Å². The summed E-state index contributed by atoms with van der Waals surface area (Å²) in [4.78, 5) is 26.6. The van der Waals surface area contributed by atoms with Crippen molar-refractivity contribution in [3.05, 3.63) is 94.1 Å². The number of carbonyl (C=O) groups excluding carboxylic acids is 2. The number of hydrogen-bond acceptors (Lipinski definition) is 2. The molecular weight excluding hydrogens is 320 g/mol. The Balaban J connectivity index is 1.88. The molecule has 2 aromatic rings. The number of hydrogen-bond donors (Lipinski definition) is 0. The van der Waals surface area contributed by atoms with Gasteiger partial charge in [0, 0.05) is 34.1 Å². The van der Waals surface area contributed by atoms with Gasteiger partial charge in [0.05, 0.1) is 0 Å². The molecule has 2 heteroatoms. The zero-order valence-corrected chi connectivity index (χ0v) is 15.2. The van der Waals surface area contributed by atoms with E-state index in [9.17, 15) is 9.59 Å². The molecule has 2 unspecified atom stereocenters. The molecule has 130 valence electrons. The summed E-state index contributed by atoms with van der Waals surface area (Å²) in [6.45, 7) is 4.20. The van der Waals surface area contributed by atoms with E-state index in [0.717, 1.165) is 24.0 Å². The van der Waals surface area contributed by atoms with E-state index in [1.807, 2.05) is 60.7 Å². The molecule has 2 aliphatic rings. The Labute approximate surface area is 154 Å². The average molecular weight is 342 g/mol. The van der Waals surface area contributed by atoms with Crippen LogP contribution in [0.2, 0.25) is 0 Å². The third-order valence-corrected chi connectivity index (χ3v) is 5.62. The second kappa shape index (κ2) is 6.53. The molecule has 0 amide bonds. The van der Waals surface area contributed by atoms with Crippen LogP contribution in [0, 0.1) is 11.8 Å². The van der Waals surface area contributed by atoms with Crippen molar-refractivity contribution in [2.75, 3.05) is 0 Å². The molecule has 2 atom stereocenters. The summed E-state index contributed by atoms with van der Waals surface area (Å²) < 4.78 is 0. The third-order valence-electron chi connectivity index (χ3n) is 5.62. The smallest absolute Gasteiger partial charge is 0.190 e. The summed E-state index contributed by atoms with van der Waals surface area (Å²) >= 11 is 0. The molecule has 0 radical (unpaired) electrons. The minimum Gasteiger partial charge on any atom is -0.289 e. The monoisotopic (exact) mass is 342 g/mol. The van der Waals surface area contributed by atoms with Crippen LogP contribution in [0.5, 0.6) is 0 Å². The van der Waals surface area contributed by atoms with Crippen molar-refractivity contribution in [1.29, 1.82) is 0 Å². The summed E-state index contributed by atoms with van der Waals surface area (Å²) in [5.41, 5.74) is 5.34. The van der Waals surface area contributed by atoms with E-state index in [-0.39, 0.29) is 23.4 Å². The molecule has 1 saturated carbocycles. The molecule has 4 rings (SSSR count). The van der Waals surface area contributed by atoms with Crippen LogP contribution >= 0.6 is 0 Å². The van der Waals surface area contributed by atoms with Gasteiger partial charge in [0.1, 0.15) is 0 Å². The number of allylic oxidation sites excluding steroid dienone is 4. The first-order valence-corrected chi connectivity index (χ1v) is 9.20. The van der Waals surface area contributed by atoms with Gasteiger partial charge in [-0.2, -0.15) is 0 Å². The number of ketones is 2. The molecular formula is C24H22O2. The highest BCUT2D eigenvalue weighted by molar-refractivity contribution is 6.20. The van der Waals surface area contributed by atoms with Gasteiger partial charge in [-0.25, -0.2) is 0 Å². The molecule has 2 nitrogen and oxygen atoms in total. The highest BCUT2D eigenvalue weighted by atomic mass is 16.1. The first-order valence-electron chi connectivity index (χ1n) is 9.20. The van der Waals surface area contributed by atoms with Gasteiger partial charge in [0.15, 0.2) is 11.6 Å². The lowest BCUT2D eigenvalue weighted by Crippen LogP contribution is -2.18. The Morgan fingerprint density at radius 3 is 1.42 bits per heavy atom. The summed E-state index contributed by atoms with van der Waals surface area (Å²) in [6.07, 6.45) is 1.93. The topological polar surface area (TPSA) is 34.1 Å². The standard InChI is InChI=1S/C24H22O2/c1-15(2)20-18-13-14-19(20)22(24(26)17-11-7-4-8-12-17)21(18)23(25)16-9-5-3-6-10-16/h3-12,18-19H,13-14H2,1-2H3. The van der Waals surface area contributed by atoms with Crippen molar-refractivity contribution in [3.8, 4) is 0 Å². The Morgan fingerprint density at radius 1 is 0.692 bits per heavy atom. The fraction of sp³-hybridized carbons (Fsp3) is 0.250. The van der Waals surface area contributed by atoms with Crippen molar-refractivity contribution in [2.45, 2.75) is 26.7 Å². The van der Waals surface area contributed by atoms with Crippen LogP contribution < -0.4 is 0 Å². The van der Waals surface area contributed by atoms with Crippen molar-refractivity contribution >= 4 is 11.6 Å². The minimum absolute atomic E-state index is 0.0100. The Morgan fingerprint density at radius 2 is 1.08 bits per heavy atom. The van der Waals surface area contributed by atoms with Crippen molar-refractivity contribution in [3.63, 3.8) is 0 Å². The highest BCUT2D eigenvalue weighted by Crippen LogP contribution is 2.55. The average Bonchev–Trinajstić information content (AvgIpc) is 3.24. The molecule has 1 fully saturated rings. The molecule has 0 aromatic heterocycles. The van der Waals surface area contributed by atoms with Gasteiger partial charge in [-0.15, -0.1) is 0 Å². The fourth-order valence-electron chi connectivity index (χ4n) is 4.61. The van der Waals surface area contributed by atoms with E-state index in [1.54, 1.807) is 0 Å². The van der Waals surface area contributed by atoms with Crippen LogP contribution in [0.1, 0.15) is 47.4 Å². The Hall–Kier alpha value is -2.74. The maximum Gasteiger partial charge on any atom is 0.190 e. The molecule has 0 spiro atoms. The molecule has 0 saturated heterocycles. The largest absolute Gasteiger partial charge is 0.289 e. The fourth-order valence-corrected chi connectivity index (χ4v) is 4.61. The molecule has 2 bridgehead atoms. The Bertz CT molecular complexity index is 857. The van der Waals surface area contributed by atoms with Gasteiger partial charge in [-0.05, 0) is 26.7 Å². The maximum atomic E-state index is 13.3. The van der Waals surface area contributed by atoms with Crippen molar-refractivity contribution in [1.82, 2.24) is 0 Å². The van der Waals surface area contributed by atoms with Gasteiger partial charge in [-0.3, -0.25) is 9.59 Å². The second-order valence-corrected chi connectivity index (χ2v) is 7.36. The lowest BCUT2D eigenvalue weighted by atomic mass is 9.83. The number of benzene rings is 2. The van der Waals surface area contributed by atoms with Crippen LogP contribution in [0.3, 0.4) is 0 Å². The SMILES string of the molecule is CC(C)=C1C2CCC1C(C(=O)c1ccccc1)=C2C(=O)c1ccccc1. The van der Waals surface area contributed by atoms with Crippen LogP contribution in [0.4, 0.5) is 0 Å². The summed E-state index contributed by atoms with van der Waals surface area (Å²) in [6, 6.07) is 18.7. The highest BCUT2D eigenvalue weighted by Gasteiger charge is 2.48. The number of rotatable bonds is 4. The van der Waals surface area contributed by atoms with Gasteiger partial charge < -0.3 is 0 Å². The van der Waals surface area contributed by atoms with Gasteiger partial charge in [0.2, 0.25) is 0 Å². The van der Waals surface area contributed by atoms with E-state index in [2.05, 4.69) is 13.8 Å². The van der Waals surface area contributed by atoms with Gasteiger partial charge in [-0.1, -0.05) is 71.8 Å². The minimum atomic E-state index is 0.0100. The van der Waals surface area contributed by atoms with Crippen LogP contribution in [0.25, 0.3) is 0 Å². The second-order valence-electron chi connectivity index (χ2n) is 7.36. The van der Waals surface area contributed by atoms with E-state index in [1.165, 1.54) is 11.1 Å². The van der Waals surface area contributed by atoms with Crippen LogP contribution in [0.15, 0.2) is 83.0 Å². The molecule has 0 heterocycles. The first kappa shape index (κ1) is 16.7. The van der Waals surface area contributed by atoms with E-state index < -0.39 is 0 Å². The van der Waals surface area contributed by atoms with Crippen LogP contribution in [-0.4, -0.2) is 11.6 Å². The number of fused-ring (bicyclic) bond motifs is 2. The quantitative estimate of drug-likeness (QED) is 0.549. The molecule has 0 N–H and O–H groups in total. The van der Waals surface area contributed by atoms with E-state index in [4.69, 9.17) is 0 Å². The Kier molecular flexibility index (Phi) is 4.20. The predicted molar refractivity (Wildman–Crippen MR) is 103 cm³/mol. The first-order chi connectivity index (χ1) is 12.6. The summed E-state index contributed by atoms with van der Waals surface area (Å²) in [5, 5.41) is 0. The van der Waals surface area contributed by atoms with Crippen molar-refractivity contribution < 1.29 is 9.59 Å². The summed E-state index contributed by atoms with van der Waals surface area (Å²) in [7, 11) is 0. The lowest BCUT2D eigenvalue weighted by Gasteiger charge is -2.18. The molecule has 0 aliphatic heterocycles. The molecule has 2 aromatic carbocycles. The molecule has 26 heavy (non-hydrogen) atoms. The zero-order chi connectivity index (χ0) is 18.3. The van der Waals surface area contributed by atoms with Crippen LogP contribution in [-0.2, 0) is 0 Å². The lowest BCUT2D eigenvalue weighted by molar-refractivity contribution is 0.0987. The van der Waals surface area contributed by atoms with E-state index >= 15 is 0 Å². The maximum absolute atomic E-state index is 13.3. The van der Waals surface area contributed by atoms with Gasteiger partial charge >= 0.3 is 0 Å². The summed E-state index contributed by atoms with van der Waals surface area (Å²) in [5.74, 6) is 0.215. The number of carbonyl (C=O) groups is 2. The zero-order valence-electron chi connectivity index (χ0n) is 15.2. The molecule has 2 aliphatic carbocycles. The predicted octanol–water partition coefficient (Wildman–Crippen LogP) is 5.43. The third kappa shape index (κ3) is 2.57. The van der Waals surface area contributed by atoms with E-state index in [0.29, 0.717) is 11.1 Å².